The van der Waals surface area contributed by atoms with Crippen molar-refractivity contribution in [1.29, 1.82) is 0 Å². The number of carbonyl (C=O) groups excluding carboxylic acids is 1. The number of hydrogen-bond acceptors (Lipinski definition) is 5. The normalized spacial score (nSPS) is 30.0. The van der Waals surface area contributed by atoms with Crippen molar-refractivity contribution in [3.05, 3.63) is 30.1 Å². The van der Waals surface area contributed by atoms with Crippen LogP contribution in [0.5, 0.6) is 0 Å². The average Bonchev–Trinajstić information content (AvgIpc) is 2.58. The number of nitrogens with zero attached hydrogens (tertiary/aromatic N) is 2. The van der Waals surface area contributed by atoms with E-state index in [-0.39, 0.29) is 18.0 Å². The van der Waals surface area contributed by atoms with Crippen molar-refractivity contribution in [2.24, 2.45) is 0 Å². The van der Waals surface area contributed by atoms with E-state index in [4.69, 9.17) is 4.74 Å². The van der Waals surface area contributed by atoms with Gasteiger partial charge in [0.2, 0.25) is 0 Å². The van der Waals surface area contributed by atoms with Gasteiger partial charge in [0, 0.05) is 25.3 Å². The predicted molar refractivity (Wildman–Crippen MR) is 81.5 cm³/mol. The van der Waals surface area contributed by atoms with Gasteiger partial charge in [-0.25, -0.2) is 0 Å². The summed E-state index contributed by atoms with van der Waals surface area (Å²) in [6, 6.07) is 5.14. The number of hydrogen-bond donors (Lipinski definition) is 2. The molecule has 1 aromatic heterocycles. The van der Waals surface area contributed by atoms with Gasteiger partial charge >= 0.3 is 0 Å². The number of aliphatic hydroxyl groups excluding tert-OH is 1. The smallest absolute Gasteiger partial charge is 0.270 e. The Kier molecular flexibility index (Phi) is 5.02. The molecular weight excluding hydrogens is 282 g/mol. The molecule has 3 atom stereocenters. The Hall–Kier alpha value is -1.50. The molecule has 1 aliphatic carbocycles. The molecule has 2 fully saturated rings. The van der Waals surface area contributed by atoms with E-state index in [1.807, 2.05) is 0 Å². The van der Waals surface area contributed by atoms with Gasteiger partial charge < -0.3 is 15.2 Å². The van der Waals surface area contributed by atoms with E-state index in [2.05, 4.69) is 15.2 Å². The number of ether oxygens (including phenoxy) is 1. The van der Waals surface area contributed by atoms with Crippen molar-refractivity contribution in [1.82, 2.24) is 15.2 Å². The van der Waals surface area contributed by atoms with Crippen LogP contribution < -0.4 is 5.32 Å². The lowest BCUT2D eigenvalue weighted by atomic mass is 9.86. The molecular formula is C16H23N3O3. The molecule has 6 nitrogen and oxygen atoms in total. The number of morpholine rings is 1. The first-order valence-electron chi connectivity index (χ1n) is 7.97. The van der Waals surface area contributed by atoms with Crippen LogP contribution in [-0.2, 0) is 4.74 Å². The Morgan fingerprint density at radius 3 is 2.86 bits per heavy atom. The van der Waals surface area contributed by atoms with Crippen molar-refractivity contribution in [3.63, 3.8) is 0 Å². The lowest BCUT2D eigenvalue weighted by molar-refractivity contribution is -0.0459. The number of aromatic nitrogens is 1. The third-order valence-electron chi connectivity index (χ3n) is 4.55. The molecule has 0 aromatic carbocycles. The van der Waals surface area contributed by atoms with E-state index >= 15 is 0 Å². The number of pyridine rings is 1. The van der Waals surface area contributed by atoms with Crippen molar-refractivity contribution >= 4 is 5.91 Å². The van der Waals surface area contributed by atoms with E-state index < -0.39 is 6.10 Å². The van der Waals surface area contributed by atoms with Gasteiger partial charge in [-0.15, -0.1) is 0 Å². The van der Waals surface area contributed by atoms with E-state index in [1.165, 1.54) is 0 Å². The number of carbonyl (C=O) groups is 1. The summed E-state index contributed by atoms with van der Waals surface area (Å²) < 4.78 is 5.37. The summed E-state index contributed by atoms with van der Waals surface area (Å²) in [5.74, 6) is -0.215. The van der Waals surface area contributed by atoms with Crippen molar-refractivity contribution in [2.45, 2.75) is 37.5 Å². The van der Waals surface area contributed by atoms with E-state index in [0.29, 0.717) is 18.9 Å². The SMILES string of the molecule is O=C(N[C@@H]1CCC[C@@H](N2CCOCC2)[C@@H]1O)c1ccccn1. The highest BCUT2D eigenvalue weighted by atomic mass is 16.5. The van der Waals surface area contributed by atoms with E-state index in [1.54, 1.807) is 24.4 Å². The predicted octanol–water partition coefficient (Wildman–Crippen LogP) is 0.426. The molecule has 120 valence electrons. The van der Waals surface area contributed by atoms with Crippen LogP contribution in [0.2, 0.25) is 0 Å². The van der Waals surface area contributed by atoms with Crippen LogP contribution in [0.15, 0.2) is 24.4 Å². The Morgan fingerprint density at radius 1 is 1.32 bits per heavy atom. The summed E-state index contributed by atoms with van der Waals surface area (Å²) in [5.41, 5.74) is 0.392. The molecule has 2 N–H and O–H groups in total. The molecule has 6 heteroatoms. The molecule has 22 heavy (non-hydrogen) atoms. The zero-order chi connectivity index (χ0) is 15.4. The van der Waals surface area contributed by atoms with Gasteiger partial charge in [-0.2, -0.15) is 0 Å². The lowest BCUT2D eigenvalue weighted by Crippen LogP contribution is -2.58. The van der Waals surface area contributed by atoms with Crippen LogP contribution in [0.4, 0.5) is 0 Å². The highest BCUT2D eigenvalue weighted by Gasteiger charge is 2.36. The molecule has 0 radical (unpaired) electrons. The first-order valence-corrected chi connectivity index (χ1v) is 7.97. The second-order valence-electron chi connectivity index (χ2n) is 5.93. The van der Waals surface area contributed by atoms with Crippen LogP contribution in [0.3, 0.4) is 0 Å². The molecule has 2 aliphatic rings. The third kappa shape index (κ3) is 3.45. The number of aliphatic hydroxyl groups is 1. The number of amides is 1. The van der Waals surface area contributed by atoms with Crippen molar-refractivity contribution in [3.8, 4) is 0 Å². The summed E-state index contributed by atoms with van der Waals surface area (Å²) in [4.78, 5) is 18.6. The Labute approximate surface area is 130 Å². The topological polar surface area (TPSA) is 74.7 Å². The summed E-state index contributed by atoms with van der Waals surface area (Å²) in [6.45, 7) is 3.13. The molecule has 0 bridgehead atoms. The monoisotopic (exact) mass is 305 g/mol. The quantitative estimate of drug-likeness (QED) is 0.847. The van der Waals surface area contributed by atoms with Crippen LogP contribution >= 0.6 is 0 Å². The van der Waals surface area contributed by atoms with Gasteiger partial charge in [-0.05, 0) is 31.4 Å². The summed E-state index contributed by atoms with van der Waals surface area (Å²) in [5, 5.41) is 13.6. The van der Waals surface area contributed by atoms with Gasteiger partial charge in [0.1, 0.15) is 5.69 Å². The maximum atomic E-state index is 12.2. The maximum absolute atomic E-state index is 12.2. The molecule has 1 saturated heterocycles. The first-order chi connectivity index (χ1) is 10.8. The number of rotatable bonds is 3. The molecule has 1 aliphatic heterocycles. The van der Waals surface area contributed by atoms with Gasteiger partial charge in [0.15, 0.2) is 0 Å². The second-order valence-corrected chi connectivity index (χ2v) is 5.93. The fraction of sp³-hybridized carbons (Fsp3) is 0.625. The van der Waals surface area contributed by atoms with E-state index in [9.17, 15) is 9.90 Å². The highest BCUT2D eigenvalue weighted by molar-refractivity contribution is 5.92. The standard InChI is InChI=1S/C16H23N3O3/c20-15-12(18-16(21)13-4-1-2-7-17-13)5-3-6-14(15)19-8-10-22-11-9-19/h1-2,4,7,12,14-15,20H,3,5-6,8-11H2,(H,18,21)/t12-,14-,15-/m1/s1. The minimum absolute atomic E-state index is 0.103. The lowest BCUT2D eigenvalue weighted by Gasteiger charge is -2.42. The minimum atomic E-state index is -0.542. The zero-order valence-corrected chi connectivity index (χ0v) is 12.6. The van der Waals surface area contributed by atoms with Crippen molar-refractivity contribution < 1.29 is 14.6 Å². The molecule has 0 unspecified atom stereocenters. The maximum Gasteiger partial charge on any atom is 0.270 e. The summed E-state index contributed by atoms with van der Waals surface area (Å²) in [6.07, 6.45) is 3.84. The second kappa shape index (κ2) is 7.17. The third-order valence-corrected chi connectivity index (χ3v) is 4.55. The minimum Gasteiger partial charge on any atom is -0.389 e. The fourth-order valence-corrected chi connectivity index (χ4v) is 3.36. The highest BCUT2D eigenvalue weighted by Crippen LogP contribution is 2.24. The van der Waals surface area contributed by atoms with Gasteiger partial charge in [0.25, 0.3) is 5.91 Å². The van der Waals surface area contributed by atoms with E-state index in [0.717, 1.165) is 32.4 Å². The molecule has 1 amide bonds. The average molecular weight is 305 g/mol. The molecule has 1 saturated carbocycles. The van der Waals surface area contributed by atoms with Gasteiger partial charge in [0.05, 0.1) is 25.4 Å². The van der Waals surface area contributed by atoms with Gasteiger partial charge in [-0.3, -0.25) is 14.7 Å². The summed E-state index contributed by atoms with van der Waals surface area (Å²) in [7, 11) is 0. The van der Waals surface area contributed by atoms with Crippen LogP contribution in [0, 0.1) is 0 Å². The van der Waals surface area contributed by atoms with Crippen LogP contribution in [0.25, 0.3) is 0 Å². The molecule has 3 rings (SSSR count). The first kappa shape index (κ1) is 15.4. The Bertz CT molecular complexity index is 491. The van der Waals surface area contributed by atoms with Crippen molar-refractivity contribution in [2.75, 3.05) is 26.3 Å². The Balaban J connectivity index is 1.62. The number of nitrogens with one attached hydrogen (secondary N) is 1. The van der Waals surface area contributed by atoms with Gasteiger partial charge in [-0.1, -0.05) is 6.07 Å². The molecule has 1 aromatic rings. The zero-order valence-electron chi connectivity index (χ0n) is 12.6. The fourth-order valence-electron chi connectivity index (χ4n) is 3.36. The summed E-state index contributed by atoms with van der Waals surface area (Å²) >= 11 is 0. The largest absolute Gasteiger partial charge is 0.389 e. The van der Waals surface area contributed by atoms with Crippen LogP contribution in [0.1, 0.15) is 29.8 Å². The Morgan fingerprint density at radius 2 is 2.14 bits per heavy atom. The molecule has 2 heterocycles. The molecule has 0 spiro atoms. The van der Waals surface area contributed by atoms with Crippen LogP contribution in [-0.4, -0.2) is 65.4 Å².